The van der Waals surface area contributed by atoms with Gasteiger partial charge in [0, 0.05) is 29.7 Å². The van der Waals surface area contributed by atoms with Gasteiger partial charge in [-0.05, 0) is 68.5 Å². The van der Waals surface area contributed by atoms with Gasteiger partial charge in [-0.15, -0.1) is 0 Å². The van der Waals surface area contributed by atoms with Gasteiger partial charge in [0.25, 0.3) is 0 Å². The van der Waals surface area contributed by atoms with Crippen LogP contribution in [0.5, 0.6) is 0 Å². The average Bonchev–Trinajstić information content (AvgIpc) is 2.68. The molecular formula is C24H30ClN3O. The molecular weight excluding hydrogens is 382 g/mol. The maximum Gasteiger partial charge on any atom is 0.223 e. The molecule has 0 unspecified atom stereocenters. The Labute approximate surface area is 178 Å². The molecule has 154 valence electrons. The molecule has 1 aromatic carbocycles. The first-order valence-electron chi connectivity index (χ1n) is 10.9. The molecule has 1 N–H and O–H groups in total. The highest BCUT2D eigenvalue weighted by Gasteiger charge is 2.31. The Morgan fingerprint density at radius 1 is 1.14 bits per heavy atom. The monoisotopic (exact) mass is 411 g/mol. The van der Waals surface area contributed by atoms with Crippen LogP contribution in [0.25, 0.3) is 0 Å². The number of benzene rings is 1. The van der Waals surface area contributed by atoms with Crippen LogP contribution in [0.1, 0.15) is 62.2 Å². The number of pyridine rings is 1. The minimum atomic E-state index is -0.0331. The highest BCUT2D eigenvalue weighted by atomic mass is 35.5. The number of rotatable bonds is 7. The summed E-state index contributed by atoms with van der Waals surface area (Å²) in [6.07, 6.45) is 9.54. The van der Waals surface area contributed by atoms with Crippen molar-refractivity contribution in [1.82, 2.24) is 15.2 Å². The van der Waals surface area contributed by atoms with Gasteiger partial charge in [-0.2, -0.15) is 0 Å². The second-order valence-electron chi connectivity index (χ2n) is 8.43. The minimum absolute atomic E-state index is 0.0331. The van der Waals surface area contributed by atoms with Gasteiger partial charge in [0.15, 0.2) is 0 Å². The van der Waals surface area contributed by atoms with E-state index in [-0.39, 0.29) is 17.9 Å². The van der Waals surface area contributed by atoms with Crippen molar-refractivity contribution in [2.75, 3.05) is 6.54 Å². The van der Waals surface area contributed by atoms with Crippen molar-refractivity contribution in [3.05, 3.63) is 64.9 Å². The van der Waals surface area contributed by atoms with Gasteiger partial charge in [0.1, 0.15) is 0 Å². The number of nitrogens with one attached hydrogen (secondary N) is 1. The largest absolute Gasteiger partial charge is 0.347 e. The van der Waals surface area contributed by atoms with Crippen LogP contribution in [0.2, 0.25) is 5.02 Å². The summed E-state index contributed by atoms with van der Waals surface area (Å²) in [5, 5.41) is 4.11. The molecule has 1 saturated heterocycles. The quantitative estimate of drug-likeness (QED) is 0.686. The molecule has 2 atom stereocenters. The lowest BCUT2D eigenvalue weighted by Gasteiger charge is -2.38. The number of amides is 1. The Kier molecular flexibility index (Phi) is 6.83. The molecule has 1 aliphatic heterocycles. The molecule has 29 heavy (non-hydrogen) atoms. The van der Waals surface area contributed by atoms with E-state index in [0.29, 0.717) is 6.04 Å². The van der Waals surface area contributed by atoms with Gasteiger partial charge in [-0.1, -0.05) is 42.6 Å². The zero-order valence-corrected chi connectivity index (χ0v) is 17.7. The van der Waals surface area contributed by atoms with Crippen molar-refractivity contribution in [2.45, 2.75) is 63.6 Å². The van der Waals surface area contributed by atoms with Crippen LogP contribution in [0, 0.1) is 5.92 Å². The maximum atomic E-state index is 12.7. The number of nitrogens with zero attached hydrogens (tertiary/aromatic N) is 2. The summed E-state index contributed by atoms with van der Waals surface area (Å²) >= 11 is 6.20. The van der Waals surface area contributed by atoms with Crippen LogP contribution in [0.4, 0.5) is 0 Å². The second kappa shape index (κ2) is 9.73. The molecule has 2 aliphatic rings. The highest BCUT2D eigenvalue weighted by Crippen LogP contribution is 2.30. The Bertz CT molecular complexity index is 809. The average molecular weight is 412 g/mol. The Morgan fingerprint density at radius 3 is 2.76 bits per heavy atom. The summed E-state index contributed by atoms with van der Waals surface area (Å²) < 4.78 is 0. The molecule has 2 heterocycles. The van der Waals surface area contributed by atoms with E-state index in [1.54, 1.807) is 0 Å². The predicted octanol–water partition coefficient (Wildman–Crippen LogP) is 5.14. The van der Waals surface area contributed by atoms with Gasteiger partial charge < -0.3 is 5.32 Å². The fourth-order valence-electron chi connectivity index (χ4n) is 4.47. The minimum Gasteiger partial charge on any atom is -0.347 e. The summed E-state index contributed by atoms with van der Waals surface area (Å²) in [6, 6.07) is 14.5. The smallest absolute Gasteiger partial charge is 0.223 e. The number of carbonyl (C=O) groups is 1. The fourth-order valence-corrected chi connectivity index (χ4v) is 4.69. The van der Waals surface area contributed by atoms with E-state index in [1.165, 1.54) is 24.8 Å². The van der Waals surface area contributed by atoms with E-state index >= 15 is 0 Å². The van der Waals surface area contributed by atoms with Gasteiger partial charge in [-0.25, -0.2) is 0 Å². The van der Waals surface area contributed by atoms with Crippen LogP contribution in [-0.4, -0.2) is 28.4 Å². The van der Waals surface area contributed by atoms with Gasteiger partial charge in [0.2, 0.25) is 5.91 Å². The molecule has 2 aromatic rings. The van der Waals surface area contributed by atoms with Gasteiger partial charge in [-0.3, -0.25) is 14.7 Å². The fraction of sp³-hybridized carbons (Fsp3) is 0.500. The maximum absolute atomic E-state index is 12.7. The van der Waals surface area contributed by atoms with Crippen LogP contribution in [-0.2, 0) is 11.3 Å². The second-order valence-corrected chi connectivity index (χ2v) is 8.87. The number of hydrogen-bond donors (Lipinski definition) is 1. The Morgan fingerprint density at radius 2 is 2.03 bits per heavy atom. The van der Waals surface area contributed by atoms with E-state index in [2.05, 4.69) is 27.3 Å². The normalized spacial score (nSPS) is 21.3. The van der Waals surface area contributed by atoms with Crippen LogP contribution >= 0.6 is 11.6 Å². The lowest BCUT2D eigenvalue weighted by atomic mass is 9.84. The molecule has 0 bridgehead atoms. The third-order valence-corrected chi connectivity index (χ3v) is 6.60. The van der Waals surface area contributed by atoms with E-state index in [0.717, 1.165) is 49.5 Å². The number of aromatic nitrogens is 1. The van der Waals surface area contributed by atoms with Crippen LogP contribution in [0.3, 0.4) is 0 Å². The molecule has 0 spiro atoms. The molecule has 2 fully saturated rings. The summed E-state index contributed by atoms with van der Waals surface area (Å²) in [5.41, 5.74) is 2.21. The first-order valence-corrected chi connectivity index (χ1v) is 11.3. The zero-order valence-electron chi connectivity index (χ0n) is 16.9. The SMILES string of the molecule is O=C(N[C@@H](C[C@@H]1CCCCN1Cc1cccc(Cl)c1)c1ccccn1)C1CCC1. The van der Waals surface area contributed by atoms with Crippen molar-refractivity contribution >= 4 is 17.5 Å². The van der Waals surface area contributed by atoms with Gasteiger partial charge in [0.05, 0.1) is 11.7 Å². The predicted molar refractivity (Wildman–Crippen MR) is 117 cm³/mol. The van der Waals surface area contributed by atoms with E-state index in [4.69, 9.17) is 11.6 Å². The summed E-state index contributed by atoms with van der Waals surface area (Å²) in [4.78, 5) is 19.8. The number of likely N-dealkylation sites (tertiary alicyclic amines) is 1. The lowest BCUT2D eigenvalue weighted by molar-refractivity contribution is -0.128. The summed E-state index contributed by atoms with van der Waals surface area (Å²) in [6.45, 7) is 1.99. The Balaban J connectivity index is 1.48. The molecule has 1 aromatic heterocycles. The third-order valence-electron chi connectivity index (χ3n) is 6.37. The first-order chi connectivity index (χ1) is 14.2. The van der Waals surface area contributed by atoms with Gasteiger partial charge >= 0.3 is 0 Å². The molecule has 1 saturated carbocycles. The van der Waals surface area contributed by atoms with Crippen LogP contribution < -0.4 is 5.32 Å². The number of piperidine rings is 1. The molecule has 1 amide bonds. The third kappa shape index (κ3) is 5.37. The molecule has 5 heteroatoms. The molecule has 4 nitrogen and oxygen atoms in total. The van der Waals surface area contributed by atoms with Crippen molar-refractivity contribution < 1.29 is 4.79 Å². The number of hydrogen-bond acceptors (Lipinski definition) is 3. The standard InChI is InChI=1S/C24H30ClN3O/c25-20-10-5-7-18(15-20)17-28-14-4-2-11-21(28)16-23(22-12-1-3-13-26-22)27-24(29)19-8-6-9-19/h1,3,5,7,10,12-13,15,19,21,23H,2,4,6,8-9,11,14,16-17H2,(H,27,29)/t21-,23-/m0/s1. The van der Waals surface area contributed by atoms with Crippen LogP contribution in [0.15, 0.2) is 48.7 Å². The molecule has 0 radical (unpaired) electrons. The van der Waals surface area contributed by atoms with E-state index in [1.807, 2.05) is 36.5 Å². The lowest BCUT2D eigenvalue weighted by Crippen LogP contribution is -2.44. The van der Waals surface area contributed by atoms with Crippen molar-refractivity contribution in [2.24, 2.45) is 5.92 Å². The first kappa shape index (κ1) is 20.4. The topological polar surface area (TPSA) is 45.2 Å². The zero-order chi connectivity index (χ0) is 20.1. The number of carbonyl (C=O) groups excluding carboxylic acids is 1. The van der Waals surface area contributed by atoms with Crippen molar-refractivity contribution in [1.29, 1.82) is 0 Å². The molecule has 4 rings (SSSR count). The summed E-state index contributed by atoms with van der Waals surface area (Å²) in [5.74, 6) is 0.388. The van der Waals surface area contributed by atoms with Crippen molar-refractivity contribution in [3.63, 3.8) is 0 Å². The highest BCUT2D eigenvalue weighted by molar-refractivity contribution is 6.30. The number of halogens is 1. The van der Waals surface area contributed by atoms with E-state index < -0.39 is 0 Å². The Hall–Kier alpha value is -1.91. The van der Waals surface area contributed by atoms with Crippen molar-refractivity contribution in [3.8, 4) is 0 Å². The summed E-state index contributed by atoms with van der Waals surface area (Å²) in [7, 11) is 0. The van der Waals surface area contributed by atoms with E-state index in [9.17, 15) is 4.79 Å². The molecule has 1 aliphatic carbocycles.